The molecule has 0 radical (unpaired) electrons. The second kappa shape index (κ2) is 2.02. The summed E-state index contributed by atoms with van der Waals surface area (Å²) in [5, 5.41) is 5.75. The number of hydrazone groups is 1. The zero-order chi connectivity index (χ0) is 7.84. The molecule has 2 rings (SSSR count). The average molecular weight is 149 g/mol. The van der Waals surface area contributed by atoms with Crippen LogP contribution in [0.2, 0.25) is 0 Å². The maximum absolute atomic E-state index is 10.8. The molecule has 0 N–H and O–H groups in total. The van der Waals surface area contributed by atoms with Crippen LogP contribution in [0.15, 0.2) is 22.2 Å². The summed E-state index contributed by atoms with van der Waals surface area (Å²) in [6, 6.07) is 0.0766. The van der Waals surface area contributed by atoms with Gasteiger partial charge in [-0.05, 0) is 6.08 Å². The van der Waals surface area contributed by atoms with Gasteiger partial charge >= 0.3 is 0 Å². The van der Waals surface area contributed by atoms with Crippen molar-refractivity contribution < 1.29 is 4.79 Å². The number of hydrogen-bond donors (Lipinski definition) is 0. The number of dihydropyridines is 1. The largest absolute Gasteiger partial charge is 0.287 e. The van der Waals surface area contributed by atoms with Crippen LogP contribution < -0.4 is 0 Å². The van der Waals surface area contributed by atoms with Crippen molar-refractivity contribution in [3.63, 3.8) is 0 Å². The van der Waals surface area contributed by atoms with Crippen LogP contribution in [0.25, 0.3) is 0 Å². The SMILES string of the molecule is CN1N=CC2=NC(=O)C=CC21. The van der Waals surface area contributed by atoms with E-state index >= 15 is 0 Å². The van der Waals surface area contributed by atoms with Gasteiger partial charge in [0.15, 0.2) is 0 Å². The first-order chi connectivity index (χ1) is 5.27. The Morgan fingerprint density at radius 2 is 2.45 bits per heavy atom. The fourth-order valence-corrected chi connectivity index (χ4v) is 1.15. The molecule has 0 aromatic heterocycles. The summed E-state index contributed by atoms with van der Waals surface area (Å²) < 4.78 is 0. The van der Waals surface area contributed by atoms with Gasteiger partial charge in [0.05, 0.1) is 11.9 Å². The third kappa shape index (κ3) is 0.869. The number of aliphatic imine (C=N–C) groups is 1. The van der Waals surface area contributed by atoms with Crippen LogP contribution in [0.3, 0.4) is 0 Å². The van der Waals surface area contributed by atoms with Crippen LogP contribution in [-0.4, -0.2) is 35.9 Å². The molecule has 2 aliphatic heterocycles. The minimum absolute atomic E-state index is 0.0766. The topological polar surface area (TPSA) is 45.0 Å². The number of carbonyl (C=O) groups excluding carboxylic acids is 1. The normalized spacial score (nSPS) is 27.4. The molecule has 0 aliphatic carbocycles. The lowest BCUT2D eigenvalue weighted by molar-refractivity contribution is -0.113. The fraction of sp³-hybridized carbons (Fsp3) is 0.286. The highest BCUT2D eigenvalue weighted by Crippen LogP contribution is 2.11. The van der Waals surface area contributed by atoms with Crippen molar-refractivity contribution >= 4 is 17.8 Å². The zero-order valence-electron chi connectivity index (χ0n) is 6.06. The molecule has 0 saturated carbocycles. The van der Waals surface area contributed by atoms with Gasteiger partial charge in [-0.25, -0.2) is 4.99 Å². The zero-order valence-corrected chi connectivity index (χ0v) is 6.06. The van der Waals surface area contributed by atoms with Crippen molar-refractivity contribution in [2.45, 2.75) is 6.04 Å². The Balaban J connectivity index is 2.36. The van der Waals surface area contributed by atoms with Crippen molar-refractivity contribution in [1.29, 1.82) is 0 Å². The molecular formula is C7H7N3O. The molecule has 4 nitrogen and oxygen atoms in total. The van der Waals surface area contributed by atoms with Crippen molar-refractivity contribution in [3.05, 3.63) is 12.2 Å². The van der Waals surface area contributed by atoms with Crippen LogP contribution in [0.1, 0.15) is 0 Å². The van der Waals surface area contributed by atoms with Gasteiger partial charge in [0.2, 0.25) is 0 Å². The van der Waals surface area contributed by atoms with Crippen molar-refractivity contribution in [2.75, 3.05) is 7.05 Å². The Morgan fingerprint density at radius 1 is 1.64 bits per heavy atom. The summed E-state index contributed by atoms with van der Waals surface area (Å²) in [6.07, 6.45) is 4.89. The third-order valence-electron chi connectivity index (χ3n) is 1.74. The molecule has 4 heteroatoms. The first kappa shape index (κ1) is 6.27. The maximum atomic E-state index is 10.8. The highest BCUT2D eigenvalue weighted by Gasteiger charge is 2.24. The smallest absolute Gasteiger partial charge is 0.269 e. The first-order valence-corrected chi connectivity index (χ1v) is 3.35. The summed E-state index contributed by atoms with van der Waals surface area (Å²) in [6.45, 7) is 0. The molecule has 0 spiro atoms. The van der Waals surface area contributed by atoms with E-state index in [2.05, 4.69) is 10.1 Å². The average Bonchev–Trinajstić information content (AvgIpc) is 2.32. The Bertz CT molecular complexity index is 290. The Morgan fingerprint density at radius 3 is 3.27 bits per heavy atom. The van der Waals surface area contributed by atoms with Crippen molar-refractivity contribution in [3.8, 4) is 0 Å². The molecule has 0 aromatic carbocycles. The Kier molecular flexibility index (Phi) is 1.15. The monoisotopic (exact) mass is 149 g/mol. The minimum Gasteiger partial charge on any atom is -0.287 e. The molecule has 1 amide bonds. The summed E-state index contributed by atoms with van der Waals surface area (Å²) in [5.74, 6) is -0.196. The fourth-order valence-electron chi connectivity index (χ4n) is 1.15. The number of likely N-dealkylation sites (N-methyl/N-ethyl adjacent to an activating group) is 1. The minimum atomic E-state index is -0.196. The summed E-state index contributed by atoms with van der Waals surface area (Å²) >= 11 is 0. The summed E-state index contributed by atoms with van der Waals surface area (Å²) in [4.78, 5) is 14.6. The van der Waals surface area contributed by atoms with Gasteiger partial charge in [0.1, 0.15) is 6.04 Å². The predicted molar refractivity (Wildman–Crippen MR) is 41.6 cm³/mol. The van der Waals surface area contributed by atoms with Gasteiger partial charge in [-0.1, -0.05) is 0 Å². The molecule has 0 bridgehead atoms. The standard InChI is InChI=1S/C7H7N3O/c1-10-6-2-3-7(11)9-5(6)4-8-10/h2-4,6H,1H3. The van der Waals surface area contributed by atoms with Crippen LogP contribution in [-0.2, 0) is 4.79 Å². The molecule has 1 unspecified atom stereocenters. The number of carbonyl (C=O) groups is 1. The number of rotatable bonds is 0. The van der Waals surface area contributed by atoms with Gasteiger partial charge in [0, 0.05) is 13.1 Å². The molecule has 11 heavy (non-hydrogen) atoms. The van der Waals surface area contributed by atoms with E-state index < -0.39 is 0 Å². The van der Waals surface area contributed by atoms with Crippen LogP contribution in [0.5, 0.6) is 0 Å². The molecule has 56 valence electrons. The first-order valence-electron chi connectivity index (χ1n) is 3.35. The van der Waals surface area contributed by atoms with E-state index in [1.54, 1.807) is 17.3 Å². The van der Waals surface area contributed by atoms with Crippen LogP contribution in [0, 0.1) is 0 Å². The van der Waals surface area contributed by atoms with E-state index in [9.17, 15) is 4.79 Å². The number of hydrogen-bond acceptors (Lipinski definition) is 3. The molecule has 1 atom stereocenters. The molecule has 0 saturated heterocycles. The second-order valence-corrected chi connectivity index (χ2v) is 2.50. The van der Waals surface area contributed by atoms with Crippen LogP contribution in [0.4, 0.5) is 0 Å². The summed E-state index contributed by atoms with van der Waals surface area (Å²) in [5.41, 5.74) is 0.736. The van der Waals surface area contributed by atoms with E-state index in [1.165, 1.54) is 6.08 Å². The third-order valence-corrected chi connectivity index (χ3v) is 1.74. The lowest BCUT2D eigenvalue weighted by Gasteiger charge is -2.16. The molecule has 0 fully saturated rings. The molecular weight excluding hydrogens is 142 g/mol. The van der Waals surface area contributed by atoms with Crippen molar-refractivity contribution in [1.82, 2.24) is 5.01 Å². The van der Waals surface area contributed by atoms with Crippen LogP contribution >= 0.6 is 0 Å². The van der Waals surface area contributed by atoms with Gasteiger partial charge in [-0.2, -0.15) is 5.10 Å². The van der Waals surface area contributed by atoms with Gasteiger partial charge < -0.3 is 0 Å². The lowest BCUT2D eigenvalue weighted by atomic mass is 10.1. The lowest BCUT2D eigenvalue weighted by Crippen LogP contribution is -2.30. The molecule has 0 aromatic rings. The number of amides is 1. The predicted octanol–water partition coefficient (Wildman–Crippen LogP) is -0.176. The van der Waals surface area contributed by atoms with Crippen molar-refractivity contribution in [2.24, 2.45) is 10.1 Å². The van der Waals surface area contributed by atoms with E-state index in [4.69, 9.17) is 0 Å². The Hall–Kier alpha value is -1.45. The van der Waals surface area contributed by atoms with Gasteiger partial charge in [-0.3, -0.25) is 9.80 Å². The highest BCUT2D eigenvalue weighted by atomic mass is 16.1. The van der Waals surface area contributed by atoms with E-state index in [1.807, 2.05) is 7.05 Å². The van der Waals surface area contributed by atoms with E-state index in [0.29, 0.717) is 0 Å². The molecule has 2 aliphatic rings. The maximum Gasteiger partial charge on any atom is 0.269 e. The number of fused-ring (bicyclic) bond motifs is 1. The van der Waals surface area contributed by atoms with Gasteiger partial charge in [-0.15, -0.1) is 0 Å². The summed E-state index contributed by atoms with van der Waals surface area (Å²) in [7, 11) is 1.85. The number of nitrogens with zero attached hydrogens (tertiary/aromatic N) is 3. The van der Waals surface area contributed by atoms with E-state index in [-0.39, 0.29) is 11.9 Å². The second-order valence-electron chi connectivity index (χ2n) is 2.50. The Labute approximate surface area is 63.9 Å². The van der Waals surface area contributed by atoms with Gasteiger partial charge in [0.25, 0.3) is 5.91 Å². The molecule has 2 heterocycles. The van der Waals surface area contributed by atoms with E-state index in [0.717, 1.165) is 5.71 Å². The quantitative estimate of drug-likeness (QED) is 0.479. The highest BCUT2D eigenvalue weighted by molar-refractivity contribution is 6.37.